The largest absolute Gasteiger partial charge is 0.507 e. The van der Waals surface area contributed by atoms with Crippen LogP contribution >= 0.6 is 0 Å². The van der Waals surface area contributed by atoms with Crippen molar-refractivity contribution in [2.75, 3.05) is 0 Å². The van der Waals surface area contributed by atoms with Gasteiger partial charge in [-0.1, -0.05) is 35.9 Å². The summed E-state index contributed by atoms with van der Waals surface area (Å²) in [4.78, 5) is 4.38. The van der Waals surface area contributed by atoms with Gasteiger partial charge in [-0.25, -0.2) is 0 Å². The van der Waals surface area contributed by atoms with E-state index >= 15 is 0 Å². The lowest BCUT2D eigenvalue weighted by atomic mass is 10.2. The first-order chi connectivity index (χ1) is 11.7. The summed E-state index contributed by atoms with van der Waals surface area (Å²) in [6.07, 6.45) is 1.63. The smallest absolute Gasteiger partial charge is 0.124 e. The molecule has 0 unspecified atom stereocenters. The van der Waals surface area contributed by atoms with Crippen LogP contribution in [0.15, 0.2) is 88.0 Å². The van der Waals surface area contributed by atoms with E-state index in [-0.39, 0.29) is 5.75 Å². The third-order valence-corrected chi connectivity index (χ3v) is 3.43. The van der Waals surface area contributed by atoms with E-state index in [0.29, 0.717) is 11.3 Å². The number of azo groups is 1. The summed E-state index contributed by atoms with van der Waals surface area (Å²) in [5.74, 6) is 0.157. The molecule has 0 amide bonds. The Bertz CT molecular complexity index is 869. The fourth-order valence-corrected chi connectivity index (χ4v) is 2.09. The number of aryl methyl sites for hydroxylation is 1. The van der Waals surface area contributed by atoms with Gasteiger partial charge in [0.1, 0.15) is 5.75 Å². The molecule has 0 aliphatic heterocycles. The fraction of sp³-hybridized carbons (Fsp3) is 0.0500. The first-order valence-electron chi connectivity index (χ1n) is 7.61. The maximum atomic E-state index is 9.98. The Balaban J connectivity index is 1.81. The zero-order valence-electron chi connectivity index (χ0n) is 13.3. The van der Waals surface area contributed by atoms with Crippen LogP contribution in [-0.4, -0.2) is 11.3 Å². The molecule has 24 heavy (non-hydrogen) atoms. The Kier molecular flexibility index (Phi) is 4.77. The van der Waals surface area contributed by atoms with E-state index < -0.39 is 0 Å². The van der Waals surface area contributed by atoms with Gasteiger partial charge in [0.05, 0.1) is 17.1 Å². The summed E-state index contributed by atoms with van der Waals surface area (Å²) >= 11 is 0. The molecule has 0 heterocycles. The van der Waals surface area contributed by atoms with Gasteiger partial charge in [0, 0.05) is 11.8 Å². The number of rotatable bonds is 4. The van der Waals surface area contributed by atoms with Crippen LogP contribution in [0.5, 0.6) is 5.75 Å². The van der Waals surface area contributed by atoms with E-state index in [1.165, 1.54) is 5.56 Å². The normalized spacial score (nSPS) is 11.4. The Morgan fingerprint density at radius 3 is 2.17 bits per heavy atom. The highest BCUT2D eigenvalue weighted by Gasteiger charge is 2.00. The SMILES string of the molecule is Cc1ccc(/N=C/c2cc(/N=N/c3ccccc3)ccc2O)cc1. The van der Waals surface area contributed by atoms with E-state index in [4.69, 9.17) is 0 Å². The van der Waals surface area contributed by atoms with Crippen LogP contribution in [0, 0.1) is 6.92 Å². The molecule has 3 rings (SSSR count). The number of nitrogens with zero attached hydrogens (tertiary/aromatic N) is 3. The van der Waals surface area contributed by atoms with E-state index in [1.54, 1.807) is 24.4 Å². The molecule has 4 heteroatoms. The quantitative estimate of drug-likeness (QED) is 0.475. The molecule has 4 nitrogen and oxygen atoms in total. The predicted octanol–water partition coefficient (Wildman–Crippen LogP) is 5.87. The lowest BCUT2D eigenvalue weighted by Crippen LogP contribution is -1.82. The van der Waals surface area contributed by atoms with Crippen molar-refractivity contribution >= 4 is 23.3 Å². The average molecular weight is 315 g/mol. The summed E-state index contributed by atoms with van der Waals surface area (Å²) in [5.41, 5.74) is 4.04. The maximum absolute atomic E-state index is 9.98. The molecule has 1 N–H and O–H groups in total. The Hall–Kier alpha value is -3.27. The molecule has 3 aromatic carbocycles. The second kappa shape index (κ2) is 7.33. The molecule has 0 aromatic heterocycles. The molecule has 0 spiro atoms. The summed E-state index contributed by atoms with van der Waals surface area (Å²) in [6.45, 7) is 2.03. The molecule has 0 atom stereocenters. The molecular formula is C20H17N3O. The van der Waals surface area contributed by atoms with E-state index in [0.717, 1.165) is 11.4 Å². The fourth-order valence-electron chi connectivity index (χ4n) is 2.09. The molecular weight excluding hydrogens is 298 g/mol. The van der Waals surface area contributed by atoms with Crippen LogP contribution in [0.1, 0.15) is 11.1 Å². The number of phenolic OH excluding ortho intramolecular Hbond substituents is 1. The van der Waals surface area contributed by atoms with Crippen molar-refractivity contribution in [3.05, 3.63) is 83.9 Å². The van der Waals surface area contributed by atoms with Crippen molar-refractivity contribution in [2.24, 2.45) is 15.2 Å². The second-order valence-electron chi connectivity index (χ2n) is 5.37. The lowest BCUT2D eigenvalue weighted by Gasteiger charge is -2.00. The molecule has 118 valence electrons. The van der Waals surface area contributed by atoms with Crippen molar-refractivity contribution in [3.8, 4) is 5.75 Å². The van der Waals surface area contributed by atoms with Crippen LogP contribution in [0.2, 0.25) is 0 Å². The van der Waals surface area contributed by atoms with E-state index in [1.807, 2.05) is 61.5 Å². The van der Waals surface area contributed by atoms with Crippen LogP contribution < -0.4 is 0 Å². The summed E-state index contributed by atoms with van der Waals surface area (Å²) in [6, 6.07) is 22.4. The summed E-state index contributed by atoms with van der Waals surface area (Å²) in [5, 5.41) is 18.3. The van der Waals surface area contributed by atoms with Crippen molar-refractivity contribution < 1.29 is 5.11 Å². The zero-order chi connectivity index (χ0) is 16.8. The van der Waals surface area contributed by atoms with Crippen LogP contribution in [0.25, 0.3) is 0 Å². The van der Waals surface area contributed by atoms with Crippen molar-refractivity contribution in [1.29, 1.82) is 0 Å². The van der Waals surface area contributed by atoms with Crippen LogP contribution in [0.3, 0.4) is 0 Å². The van der Waals surface area contributed by atoms with Gasteiger partial charge in [0.15, 0.2) is 0 Å². The van der Waals surface area contributed by atoms with Crippen molar-refractivity contribution in [2.45, 2.75) is 6.92 Å². The number of hydrogen-bond donors (Lipinski definition) is 1. The minimum atomic E-state index is 0.157. The van der Waals surface area contributed by atoms with Crippen molar-refractivity contribution in [3.63, 3.8) is 0 Å². The standard InChI is InChI=1S/C20H17N3O/c1-15-7-9-17(10-8-15)21-14-16-13-19(11-12-20(16)24)23-22-18-5-3-2-4-6-18/h2-14,24H,1H3/b21-14+,23-22+. The monoisotopic (exact) mass is 315 g/mol. The Morgan fingerprint density at radius 1 is 0.750 bits per heavy atom. The topological polar surface area (TPSA) is 57.3 Å². The van der Waals surface area contributed by atoms with E-state index in [2.05, 4.69) is 15.2 Å². The molecule has 0 saturated carbocycles. The van der Waals surface area contributed by atoms with Crippen LogP contribution in [-0.2, 0) is 0 Å². The van der Waals surface area contributed by atoms with Gasteiger partial charge >= 0.3 is 0 Å². The van der Waals surface area contributed by atoms with Gasteiger partial charge in [-0.3, -0.25) is 4.99 Å². The first kappa shape index (κ1) is 15.6. The van der Waals surface area contributed by atoms with Gasteiger partial charge in [-0.05, 0) is 49.4 Å². The minimum absolute atomic E-state index is 0.157. The molecule has 0 bridgehead atoms. The zero-order valence-corrected chi connectivity index (χ0v) is 13.3. The molecule has 0 aliphatic rings. The number of aromatic hydroxyl groups is 1. The Labute approximate surface area is 140 Å². The van der Waals surface area contributed by atoms with Gasteiger partial charge in [0.25, 0.3) is 0 Å². The molecule has 0 radical (unpaired) electrons. The first-order valence-corrected chi connectivity index (χ1v) is 7.61. The lowest BCUT2D eigenvalue weighted by molar-refractivity contribution is 0.474. The highest BCUT2D eigenvalue weighted by atomic mass is 16.3. The third-order valence-electron chi connectivity index (χ3n) is 3.43. The predicted molar refractivity (Wildman–Crippen MR) is 97.2 cm³/mol. The molecule has 0 aliphatic carbocycles. The number of hydrogen-bond acceptors (Lipinski definition) is 4. The van der Waals surface area contributed by atoms with Gasteiger partial charge in [-0.2, -0.15) is 10.2 Å². The van der Waals surface area contributed by atoms with E-state index in [9.17, 15) is 5.11 Å². The highest BCUT2D eigenvalue weighted by molar-refractivity contribution is 5.86. The minimum Gasteiger partial charge on any atom is -0.507 e. The molecule has 3 aromatic rings. The average Bonchev–Trinajstić information content (AvgIpc) is 2.62. The molecule has 0 saturated heterocycles. The summed E-state index contributed by atoms with van der Waals surface area (Å²) in [7, 11) is 0. The van der Waals surface area contributed by atoms with Crippen LogP contribution in [0.4, 0.5) is 17.1 Å². The Morgan fingerprint density at radius 2 is 1.42 bits per heavy atom. The van der Waals surface area contributed by atoms with Crippen molar-refractivity contribution in [1.82, 2.24) is 0 Å². The highest BCUT2D eigenvalue weighted by Crippen LogP contribution is 2.24. The third kappa shape index (κ3) is 4.14. The number of phenols is 1. The van der Waals surface area contributed by atoms with Gasteiger partial charge in [-0.15, -0.1) is 0 Å². The second-order valence-corrected chi connectivity index (χ2v) is 5.37. The summed E-state index contributed by atoms with van der Waals surface area (Å²) < 4.78 is 0. The number of aliphatic imine (C=N–C) groups is 1. The maximum Gasteiger partial charge on any atom is 0.124 e. The van der Waals surface area contributed by atoms with Gasteiger partial charge < -0.3 is 5.11 Å². The molecule has 0 fully saturated rings. The number of benzene rings is 3. The van der Waals surface area contributed by atoms with Gasteiger partial charge in [0.2, 0.25) is 0 Å².